The molecule has 0 saturated heterocycles. The fourth-order valence-corrected chi connectivity index (χ4v) is 5.87. The lowest BCUT2D eigenvalue weighted by atomic mass is 9.98. The van der Waals surface area contributed by atoms with Crippen LogP contribution in [0.15, 0.2) is 65.8 Å². The first kappa shape index (κ1) is 24.3. The van der Waals surface area contributed by atoms with Gasteiger partial charge in [0.1, 0.15) is 12.4 Å². The van der Waals surface area contributed by atoms with Gasteiger partial charge in [0.2, 0.25) is 10.0 Å². The first-order valence-electron chi connectivity index (χ1n) is 11.4. The highest BCUT2D eigenvalue weighted by Gasteiger charge is 2.32. The number of nitrogens with zero attached hydrogens (tertiary/aromatic N) is 2. The first-order chi connectivity index (χ1) is 16.3. The van der Waals surface area contributed by atoms with Crippen LogP contribution in [0, 0.1) is 6.92 Å². The summed E-state index contributed by atoms with van der Waals surface area (Å²) in [5.74, 6) is 0.569. The van der Waals surface area contributed by atoms with Gasteiger partial charge >= 0.3 is 0 Å². The Morgan fingerprint density at radius 1 is 1.09 bits per heavy atom. The van der Waals surface area contributed by atoms with Crippen LogP contribution >= 0.6 is 0 Å². The van der Waals surface area contributed by atoms with Crippen molar-refractivity contribution in [2.45, 2.75) is 49.8 Å². The number of rotatable bonds is 7. The number of aromatic nitrogens is 1. The molecule has 2 N–H and O–H groups in total. The maximum Gasteiger partial charge on any atom is 0.243 e. The van der Waals surface area contributed by atoms with Gasteiger partial charge in [-0.2, -0.15) is 4.31 Å². The van der Waals surface area contributed by atoms with Crippen molar-refractivity contribution in [3.63, 3.8) is 0 Å². The summed E-state index contributed by atoms with van der Waals surface area (Å²) < 4.78 is 34.2. The first-order valence-corrected chi connectivity index (χ1v) is 12.8. The maximum absolute atomic E-state index is 13.6. The van der Waals surface area contributed by atoms with Crippen molar-refractivity contribution in [3.8, 4) is 16.9 Å². The monoisotopic (exact) mass is 482 g/mol. The number of ether oxygens (including phenoxy) is 1. The third kappa shape index (κ3) is 5.15. The molecule has 0 amide bonds. The van der Waals surface area contributed by atoms with Crippen molar-refractivity contribution in [1.82, 2.24) is 9.29 Å². The summed E-state index contributed by atoms with van der Waals surface area (Å²) in [5, 5.41) is 18.4. The second-order valence-electron chi connectivity index (χ2n) is 8.67. The van der Waals surface area contributed by atoms with Gasteiger partial charge in [-0.05, 0) is 72.7 Å². The van der Waals surface area contributed by atoms with Gasteiger partial charge in [0.25, 0.3) is 0 Å². The quantitative estimate of drug-likeness (QED) is 0.392. The molecule has 0 aliphatic heterocycles. The summed E-state index contributed by atoms with van der Waals surface area (Å²) in [6.45, 7) is 1.73. The highest BCUT2D eigenvalue weighted by Crippen LogP contribution is 2.39. The van der Waals surface area contributed by atoms with Gasteiger partial charge in [-0.15, -0.1) is 0 Å². The van der Waals surface area contributed by atoms with Crippen LogP contribution in [-0.2, 0) is 16.4 Å². The predicted octanol–water partition coefficient (Wildman–Crippen LogP) is 3.83. The molecular weight excluding hydrogens is 452 g/mol. The molecule has 1 heterocycles. The van der Waals surface area contributed by atoms with Crippen LogP contribution in [0.25, 0.3) is 11.1 Å². The average molecular weight is 483 g/mol. The lowest BCUT2D eigenvalue weighted by Crippen LogP contribution is -2.31. The van der Waals surface area contributed by atoms with E-state index in [4.69, 9.17) is 4.74 Å². The number of hydrogen-bond donors (Lipinski definition) is 2. The molecule has 3 aromatic rings. The highest BCUT2D eigenvalue weighted by atomic mass is 32.2. The van der Waals surface area contributed by atoms with Gasteiger partial charge in [0, 0.05) is 25.0 Å². The maximum atomic E-state index is 13.6. The smallest absolute Gasteiger partial charge is 0.243 e. The molecule has 1 unspecified atom stereocenters. The van der Waals surface area contributed by atoms with E-state index in [1.807, 2.05) is 37.3 Å². The summed E-state index contributed by atoms with van der Waals surface area (Å²) in [6.07, 6.45) is 5.20. The summed E-state index contributed by atoms with van der Waals surface area (Å²) >= 11 is 0. The number of aryl methyl sites for hydroxylation is 1. The van der Waals surface area contributed by atoms with Crippen LogP contribution in [0.5, 0.6) is 5.75 Å². The van der Waals surface area contributed by atoms with Crippen LogP contribution in [0.2, 0.25) is 0 Å². The Balaban J connectivity index is 1.63. The highest BCUT2D eigenvalue weighted by molar-refractivity contribution is 7.89. The standard InChI is InChI=1S/C26H30N2O5S/c1-18-14-20(16-27-15-18)19-10-12-21(13-11-19)34(31,32)28(2)24-8-4-3-6-23-22(24)7-5-9-25(23)33-17-26(29)30/h5,7,9-16,24,26,29-30H,3-4,6,8,17H2,1-2H3. The topological polar surface area (TPSA) is 100.0 Å². The molecule has 34 heavy (non-hydrogen) atoms. The Hall–Kier alpha value is -2.78. The van der Waals surface area contributed by atoms with Crippen molar-refractivity contribution in [1.29, 1.82) is 0 Å². The number of hydrogen-bond acceptors (Lipinski definition) is 6. The van der Waals surface area contributed by atoms with E-state index in [1.54, 1.807) is 37.6 Å². The molecule has 0 fully saturated rings. The molecule has 0 saturated carbocycles. The molecule has 8 heteroatoms. The lowest BCUT2D eigenvalue weighted by Gasteiger charge is -2.29. The second kappa shape index (κ2) is 10.2. The molecule has 0 bridgehead atoms. The lowest BCUT2D eigenvalue weighted by molar-refractivity contribution is -0.0682. The zero-order valence-corrected chi connectivity index (χ0v) is 20.2. The summed E-state index contributed by atoms with van der Waals surface area (Å²) in [4.78, 5) is 4.45. The SMILES string of the molecule is Cc1cncc(-c2ccc(S(=O)(=O)N(C)C3CCCCc4c(OCC(O)O)cccc43)cc2)c1. The van der Waals surface area contributed by atoms with E-state index < -0.39 is 16.3 Å². The summed E-state index contributed by atoms with van der Waals surface area (Å²) in [7, 11) is -2.12. The van der Waals surface area contributed by atoms with Gasteiger partial charge in [0.15, 0.2) is 6.29 Å². The third-order valence-corrected chi connectivity index (χ3v) is 8.13. The van der Waals surface area contributed by atoms with Crippen LogP contribution in [0.1, 0.15) is 42.0 Å². The second-order valence-corrected chi connectivity index (χ2v) is 10.7. The van der Waals surface area contributed by atoms with Gasteiger partial charge < -0.3 is 14.9 Å². The molecule has 0 radical (unpaired) electrons. The Kier molecular flexibility index (Phi) is 7.33. The van der Waals surface area contributed by atoms with Gasteiger partial charge in [0.05, 0.1) is 10.9 Å². The molecule has 180 valence electrons. The van der Waals surface area contributed by atoms with E-state index in [0.717, 1.165) is 47.1 Å². The van der Waals surface area contributed by atoms with Crippen molar-refractivity contribution < 1.29 is 23.4 Å². The van der Waals surface area contributed by atoms with E-state index in [0.29, 0.717) is 12.2 Å². The number of aliphatic hydroxyl groups excluding tert-OH is 1. The summed E-state index contributed by atoms with van der Waals surface area (Å²) in [5.41, 5.74) is 4.71. The number of fused-ring (bicyclic) bond motifs is 1. The predicted molar refractivity (Wildman–Crippen MR) is 130 cm³/mol. The van der Waals surface area contributed by atoms with E-state index in [-0.39, 0.29) is 17.5 Å². The van der Waals surface area contributed by atoms with Crippen LogP contribution < -0.4 is 4.74 Å². The summed E-state index contributed by atoms with van der Waals surface area (Å²) in [6, 6.07) is 14.1. The molecular formula is C26H30N2O5S. The van der Waals surface area contributed by atoms with Gasteiger partial charge in [-0.25, -0.2) is 8.42 Å². The minimum Gasteiger partial charge on any atom is -0.488 e. The van der Waals surface area contributed by atoms with Crippen LogP contribution in [-0.4, -0.2) is 47.9 Å². The number of pyridine rings is 1. The molecule has 1 aliphatic carbocycles. The van der Waals surface area contributed by atoms with Crippen LogP contribution in [0.3, 0.4) is 0 Å². The van der Waals surface area contributed by atoms with E-state index in [2.05, 4.69) is 4.98 Å². The zero-order valence-electron chi connectivity index (χ0n) is 19.4. The average Bonchev–Trinajstić information content (AvgIpc) is 3.05. The minimum atomic E-state index is -3.75. The zero-order chi connectivity index (χ0) is 24.3. The van der Waals surface area contributed by atoms with Crippen molar-refractivity contribution in [2.75, 3.05) is 13.7 Å². The van der Waals surface area contributed by atoms with Gasteiger partial charge in [-0.1, -0.05) is 30.7 Å². The van der Waals surface area contributed by atoms with E-state index in [1.165, 1.54) is 4.31 Å². The van der Waals surface area contributed by atoms with Crippen molar-refractivity contribution >= 4 is 10.0 Å². The van der Waals surface area contributed by atoms with Crippen LogP contribution in [0.4, 0.5) is 0 Å². The Morgan fingerprint density at radius 3 is 2.56 bits per heavy atom. The molecule has 1 aliphatic rings. The number of aliphatic hydroxyl groups is 2. The third-order valence-electron chi connectivity index (χ3n) is 6.25. The normalized spacial score (nSPS) is 16.4. The molecule has 0 spiro atoms. The molecule has 2 aromatic carbocycles. The molecule has 7 nitrogen and oxygen atoms in total. The molecule has 1 atom stereocenters. The van der Waals surface area contributed by atoms with E-state index in [9.17, 15) is 18.6 Å². The Bertz CT molecular complexity index is 1240. The minimum absolute atomic E-state index is 0.237. The largest absolute Gasteiger partial charge is 0.488 e. The Morgan fingerprint density at radius 2 is 1.85 bits per heavy atom. The molecule has 4 rings (SSSR count). The number of sulfonamides is 1. The fraction of sp³-hybridized carbons (Fsp3) is 0.346. The van der Waals surface area contributed by atoms with E-state index >= 15 is 0 Å². The fourth-order valence-electron chi connectivity index (χ4n) is 4.50. The van der Waals surface area contributed by atoms with Gasteiger partial charge in [-0.3, -0.25) is 4.98 Å². The van der Waals surface area contributed by atoms with Crippen molar-refractivity contribution in [2.24, 2.45) is 0 Å². The van der Waals surface area contributed by atoms with Crippen molar-refractivity contribution in [3.05, 3.63) is 77.6 Å². The molecule has 1 aromatic heterocycles. The Labute approximate surface area is 200 Å². The number of benzene rings is 2.